The standard InChI is InChI=1S/C24H20FN9O3/c1-26-20-9-18(29-17-3-2-8-33(24(17)36)19-7-5-14(25)10-27-19)31-22-15(11-28-34(20)22)23(35)30-16-6-4-13-12-37-32-21(13)16/h2-3,5,7-12,16,26H,4,6H2,1H3,(H,29,31)(H,30,35). The molecule has 6 rings (SSSR count). The van der Waals surface area contributed by atoms with Crippen LogP contribution in [0.1, 0.15) is 34.1 Å². The molecule has 186 valence electrons. The Labute approximate surface area is 208 Å². The molecular formula is C24H20FN9O3. The van der Waals surface area contributed by atoms with Crippen molar-refractivity contribution in [1.82, 2.24) is 34.6 Å². The largest absolute Gasteiger partial charge is 0.373 e. The number of nitrogens with one attached hydrogen (secondary N) is 3. The highest BCUT2D eigenvalue weighted by Crippen LogP contribution is 2.30. The van der Waals surface area contributed by atoms with Crippen LogP contribution in [0.25, 0.3) is 11.5 Å². The van der Waals surface area contributed by atoms with Crippen LogP contribution in [0.5, 0.6) is 0 Å². The lowest BCUT2D eigenvalue weighted by atomic mass is 10.2. The van der Waals surface area contributed by atoms with Crippen molar-refractivity contribution >= 4 is 28.9 Å². The van der Waals surface area contributed by atoms with Crippen LogP contribution in [-0.4, -0.2) is 42.3 Å². The molecule has 13 heteroatoms. The van der Waals surface area contributed by atoms with Gasteiger partial charge in [-0.15, -0.1) is 0 Å². The number of aromatic nitrogens is 6. The molecule has 12 nitrogen and oxygen atoms in total. The summed E-state index contributed by atoms with van der Waals surface area (Å²) in [5, 5.41) is 17.3. The van der Waals surface area contributed by atoms with Gasteiger partial charge >= 0.3 is 0 Å². The Kier molecular flexibility index (Phi) is 5.36. The second kappa shape index (κ2) is 8.86. The molecule has 1 atom stereocenters. The Balaban J connectivity index is 1.33. The van der Waals surface area contributed by atoms with Gasteiger partial charge in [0.05, 0.1) is 18.4 Å². The minimum Gasteiger partial charge on any atom is -0.373 e. The Morgan fingerprint density at radius 1 is 1.24 bits per heavy atom. The van der Waals surface area contributed by atoms with Crippen molar-refractivity contribution in [1.29, 1.82) is 0 Å². The van der Waals surface area contributed by atoms with E-state index in [-0.39, 0.29) is 29.0 Å². The van der Waals surface area contributed by atoms with E-state index in [2.05, 4.69) is 36.2 Å². The van der Waals surface area contributed by atoms with E-state index in [1.807, 2.05) is 0 Å². The van der Waals surface area contributed by atoms with Crippen molar-refractivity contribution in [3.63, 3.8) is 0 Å². The molecular weight excluding hydrogens is 481 g/mol. The molecule has 0 fully saturated rings. The van der Waals surface area contributed by atoms with Crippen LogP contribution < -0.4 is 21.5 Å². The number of amides is 1. The average Bonchev–Trinajstić information content (AvgIpc) is 3.63. The maximum absolute atomic E-state index is 13.3. The van der Waals surface area contributed by atoms with E-state index in [1.54, 1.807) is 31.5 Å². The molecule has 0 saturated carbocycles. The van der Waals surface area contributed by atoms with Gasteiger partial charge in [-0.1, -0.05) is 5.16 Å². The van der Waals surface area contributed by atoms with Gasteiger partial charge in [-0.25, -0.2) is 14.4 Å². The second-order valence-corrected chi connectivity index (χ2v) is 8.42. The van der Waals surface area contributed by atoms with Crippen molar-refractivity contribution in [2.24, 2.45) is 0 Å². The molecule has 0 spiro atoms. The van der Waals surface area contributed by atoms with Crippen LogP contribution in [0.4, 0.5) is 21.7 Å². The maximum atomic E-state index is 13.3. The highest BCUT2D eigenvalue weighted by Gasteiger charge is 2.29. The topological polar surface area (TPSA) is 144 Å². The smallest absolute Gasteiger partial charge is 0.279 e. The predicted molar refractivity (Wildman–Crippen MR) is 131 cm³/mol. The first kappa shape index (κ1) is 22.4. The van der Waals surface area contributed by atoms with Crippen LogP contribution in [0.3, 0.4) is 0 Å². The number of pyridine rings is 2. The third-order valence-electron chi connectivity index (χ3n) is 6.15. The lowest BCUT2D eigenvalue weighted by molar-refractivity contribution is 0.0936. The summed E-state index contributed by atoms with van der Waals surface area (Å²) >= 11 is 0. The molecule has 1 unspecified atom stereocenters. The number of hydrogen-bond donors (Lipinski definition) is 3. The number of carbonyl (C=O) groups is 1. The van der Waals surface area contributed by atoms with Gasteiger partial charge in [0, 0.05) is 24.9 Å². The van der Waals surface area contributed by atoms with Gasteiger partial charge in [-0.05, 0) is 37.1 Å². The fraction of sp³-hybridized carbons (Fsp3) is 0.167. The van der Waals surface area contributed by atoms with E-state index in [4.69, 9.17) is 4.52 Å². The molecule has 0 radical (unpaired) electrons. The summed E-state index contributed by atoms with van der Waals surface area (Å²) in [5.41, 5.74) is 2.07. The first-order chi connectivity index (χ1) is 18.0. The molecule has 5 aromatic rings. The Morgan fingerprint density at radius 3 is 2.95 bits per heavy atom. The summed E-state index contributed by atoms with van der Waals surface area (Å²) in [6.07, 6.45) is 7.11. The number of hydrogen-bond acceptors (Lipinski definition) is 9. The molecule has 0 saturated heterocycles. The molecule has 5 aromatic heterocycles. The molecule has 0 bridgehead atoms. The van der Waals surface area contributed by atoms with Crippen LogP contribution in [0.15, 0.2) is 64.5 Å². The van der Waals surface area contributed by atoms with Gasteiger partial charge in [-0.2, -0.15) is 9.61 Å². The normalized spacial score (nSPS) is 14.5. The molecule has 37 heavy (non-hydrogen) atoms. The molecule has 5 heterocycles. The average molecular weight is 501 g/mol. The maximum Gasteiger partial charge on any atom is 0.279 e. The van der Waals surface area contributed by atoms with Crippen molar-refractivity contribution in [2.75, 3.05) is 17.7 Å². The molecule has 0 aliphatic heterocycles. The van der Waals surface area contributed by atoms with E-state index >= 15 is 0 Å². The highest BCUT2D eigenvalue weighted by atomic mass is 19.1. The molecule has 3 N–H and O–H groups in total. The Hall–Kier alpha value is -5.07. The number of anilines is 3. The van der Waals surface area contributed by atoms with Gasteiger partial charge < -0.3 is 20.5 Å². The molecule has 1 aliphatic carbocycles. The fourth-order valence-corrected chi connectivity index (χ4v) is 4.34. The lowest BCUT2D eigenvalue weighted by Gasteiger charge is -2.12. The van der Waals surface area contributed by atoms with E-state index in [1.165, 1.54) is 33.6 Å². The van der Waals surface area contributed by atoms with Crippen LogP contribution in [0, 0.1) is 5.82 Å². The van der Waals surface area contributed by atoms with Gasteiger partial charge in [0.1, 0.15) is 46.5 Å². The number of nitrogens with zero attached hydrogens (tertiary/aromatic N) is 6. The molecule has 0 aromatic carbocycles. The van der Waals surface area contributed by atoms with E-state index in [0.717, 1.165) is 30.3 Å². The quantitative estimate of drug-likeness (QED) is 0.320. The van der Waals surface area contributed by atoms with Crippen LogP contribution in [0.2, 0.25) is 0 Å². The summed E-state index contributed by atoms with van der Waals surface area (Å²) in [4.78, 5) is 34.8. The number of carbonyl (C=O) groups excluding carboxylic acids is 1. The molecule has 1 amide bonds. The van der Waals surface area contributed by atoms with Gasteiger partial charge in [0.15, 0.2) is 5.65 Å². The summed E-state index contributed by atoms with van der Waals surface area (Å²) in [7, 11) is 1.71. The van der Waals surface area contributed by atoms with Crippen molar-refractivity contribution in [3.8, 4) is 5.82 Å². The Bertz CT molecular complexity index is 1690. The van der Waals surface area contributed by atoms with E-state index in [9.17, 15) is 14.0 Å². The van der Waals surface area contributed by atoms with Crippen molar-refractivity contribution in [3.05, 3.63) is 88.2 Å². The van der Waals surface area contributed by atoms with Gasteiger partial charge in [0.2, 0.25) is 0 Å². The first-order valence-electron chi connectivity index (χ1n) is 11.4. The first-order valence-corrected chi connectivity index (χ1v) is 11.4. The number of rotatable bonds is 6. The summed E-state index contributed by atoms with van der Waals surface area (Å²) in [5.74, 6) is 0.271. The van der Waals surface area contributed by atoms with Gasteiger partial charge in [0.25, 0.3) is 11.5 Å². The number of halogens is 1. The third-order valence-corrected chi connectivity index (χ3v) is 6.15. The van der Waals surface area contributed by atoms with Crippen LogP contribution >= 0.6 is 0 Å². The predicted octanol–water partition coefficient (Wildman–Crippen LogP) is 2.60. The number of aryl methyl sites for hydroxylation is 1. The highest BCUT2D eigenvalue weighted by molar-refractivity contribution is 6.00. The minimum absolute atomic E-state index is 0.211. The van der Waals surface area contributed by atoms with Crippen molar-refractivity contribution in [2.45, 2.75) is 18.9 Å². The Morgan fingerprint density at radius 2 is 2.14 bits per heavy atom. The fourth-order valence-electron chi connectivity index (χ4n) is 4.34. The second-order valence-electron chi connectivity index (χ2n) is 8.42. The lowest BCUT2D eigenvalue weighted by Crippen LogP contribution is -2.27. The minimum atomic E-state index is -0.502. The van der Waals surface area contributed by atoms with Crippen molar-refractivity contribution < 1.29 is 13.7 Å². The monoisotopic (exact) mass is 501 g/mol. The zero-order chi connectivity index (χ0) is 25.5. The van der Waals surface area contributed by atoms with E-state index < -0.39 is 11.4 Å². The summed E-state index contributed by atoms with van der Waals surface area (Å²) in [6, 6.07) is 7.28. The third kappa shape index (κ3) is 3.95. The molecule has 1 aliphatic rings. The summed E-state index contributed by atoms with van der Waals surface area (Å²) < 4.78 is 21.1. The SMILES string of the molecule is CNc1cc(Nc2cccn(-c3ccc(F)cn3)c2=O)nc2c(C(=O)NC3CCc4conc43)cnn12. The zero-order valence-corrected chi connectivity index (χ0v) is 19.5. The van der Waals surface area contributed by atoms with Crippen LogP contribution in [-0.2, 0) is 6.42 Å². The summed E-state index contributed by atoms with van der Waals surface area (Å²) in [6.45, 7) is 0. The zero-order valence-electron chi connectivity index (χ0n) is 19.5. The van der Waals surface area contributed by atoms with E-state index in [0.29, 0.717) is 17.3 Å². The van der Waals surface area contributed by atoms with Gasteiger partial charge in [-0.3, -0.25) is 14.2 Å². The number of fused-ring (bicyclic) bond motifs is 2.